The number of rotatable bonds is 5. The van der Waals surface area contributed by atoms with Crippen molar-refractivity contribution >= 4 is 27.9 Å². The van der Waals surface area contributed by atoms with E-state index in [1.54, 1.807) is 18.2 Å². The zero-order valence-electron chi connectivity index (χ0n) is 10.7. The normalized spacial score (nSPS) is 11.8. The summed E-state index contributed by atoms with van der Waals surface area (Å²) >= 11 is 3.18. The summed E-state index contributed by atoms with van der Waals surface area (Å²) in [7, 11) is 0. The van der Waals surface area contributed by atoms with Gasteiger partial charge in [0.2, 0.25) is 0 Å². The maximum Gasteiger partial charge on any atom is 0.308 e. The summed E-state index contributed by atoms with van der Waals surface area (Å²) in [6.45, 7) is 2.57. The van der Waals surface area contributed by atoms with E-state index in [0.29, 0.717) is 22.2 Å². The highest BCUT2D eigenvalue weighted by molar-refractivity contribution is 9.09. The van der Waals surface area contributed by atoms with Gasteiger partial charge in [0.15, 0.2) is 0 Å². The molecular formula is C13H15BrO5. The molecule has 5 nitrogen and oxygen atoms in total. The topological polar surface area (TPSA) is 72.8 Å². The molecule has 0 bridgehead atoms. The van der Waals surface area contributed by atoms with Gasteiger partial charge < -0.3 is 14.6 Å². The molecule has 0 saturated carbocycles. The third-order valence-corrected chi connectivity index (χ3v) is 2.91. The number of carbonyl (C=O) groups is 2. The predicted molar refractivity (Wildman–Crippen MR) is 72.0 cm³/mol. The summed E-state index contributed by atoms with van der Waals surface area (Å²) in [4.78, 5) is 21.8. The third kappa shape index (κ3) is 5.00. The molecule has 0 spiro atoms. The van der Waals surface area contributed by atoms with Gasteiger partial charge in [-0.2, -0.15) is 0 Å². The molecule has 6 heteroatoms. The van der Waals surface area contributed by atoms with Crippen LogP contribution in [0.15, 0.2) is 18.2 Å². The highest BCUT2D eigenvalue weighted by Crippen LogP contribution is 2.25. The summed E-state index contributed by atoms with van der Waals surface area (Å²) in [5, 5.41) is 10.1. The van der Waals surface area contributed by atoms with E-state index in [2.05, 4.69) is 15.9 Å². The Bertz CT molecular complexity index is 472. The molecule has 0 aromatic heterocycles. The van der Waals surface area contributed by atoms with Gasteiger partial charge in [0, 0.05) is 24.7 Å². The van der Waals surface area contributed by atoms with E-state index in [-0.39, 0.29) is 6.61 Å². The SMILES string of the molecule is CC(=O)OCc1cc([C@@H](O)CBr)ccc1OC(C)=O. The van der Waals surface area contributed by atoms with Gasteiger partial charge in [-0.1, -0.05) is 22.0 Å². The first kappa shape index (κ1) is 15.7. The van der Waals surface area contributed by atoms with Crippen LogP contribution in [0.25, 0.3) is 0 Å². The fraction of sp³-hybridized carbons (Fsp3) is 0.385. The molecule has 0 heterocycles. The van der Waals surface area contributed by atoms with Crippen LogP contribution in [-0.4, -0.2) is 22.4 Å². The van der Waals surface area contributed by atoms with E-state index in [1.807, 2.05) is 0 Å². The van der Waals surface area contributed by atoms with E-state index in [1.165, 1.54) is 13.8 Å². The minimum atomic E-state index is -0.678. The van der Waals surface area contributed by atoms with Crippen molar-refractivity contribution in [3.63, 3.8) is 0 Å². The average molecular weight is 331 g/mol. The number of carbonyl (C=O) groups excluding carboxylic acids is 2. The number of ether oxygens (including phenoxy) is 2. The van der Waals surface area contributed by atoms with Gasteiger partial charge in [-0.25, -0.2) is 0 Å². The molecule has 0 fully saturated rings. The summed E-state index contributed by atoms with van der Waals surface area (Å²) in [6.07, 6.45) is -0.678. The summed E-state index contributed by atoms with van der Waals surface area (Å²) < 4.78 is 9.92. The molecule has 0 saturated heterocycles. The number of aliphatic hydroxyl groups is 1. The molecule has 0 amide bonds. The Morgan fingerprint density at radius 3 is 2.53 bits per heavy atom. The Balaban J connectivity index is 3.02. The van der Waals surface area contributed by atoms with E-state index in [0.717, 1.165) is 0 Å². The van der Waals surface area contributed by atoms with Crippen molar-refractivity contribution in [2.75, 3.05) is 5.33 Å². The Hall–Kier alpha value is -1.40. The molecule has 0 aliphatic carbocycles. The monoisotopic (exact) mass is 330 g/mol. The van der Waals surface area contributed by atoms with Crippen LogP contribution in [0.2, 0.25) is 0 Å². The van der Waals surface area contributed by atoms with Crippen molar-refractivity contribution in [3.8, 4) is 5.75 Å². The largest absolute Gasteiger partial charge is 0.461 e. The van der Waals surface area contributed by atoms with Gasteiger partial charge in [-0.05, 0) is 17.7 Å². The van der Waals surface area contributed by atoms with Gasteiger partial charge in [-0.3, -0.25) is 9.59 Å². The Morgan fingerprint density at radius 1 is 1.32 bits per heavy atom. The molecule has 19 heavy (non-hydrogen) atoms. The van der Waals surface area contributed by atoms with Crippen LogP contribution in [0.5, 0.6) is 5.75 Å². The van der Waals surface area contributed by atoms with Crippen LogP contribution in [0.1, 0.15) is 31.1 Å². The summed E-state index contributed by atoms with van der Waals surface area (Å²) in [5.41, 5.74) is 1.18. The molecule has 0 radical (unpaired) electrons. The molecule has 1 aromatic carbocycles. The van der Waals surface area contributed by atoms with Crippen molar-refractivity contribution in [2.45, 2.75) is 26.6 Å². The zero-order chi connectivity index (χ0) is 14.4. The van der Waals surface area contributed by atoms with Crippen LogP contribution >= 0.6 is 15.9 Å². The molecule has 104 valence electrons. The van der Waals surface area contributed by atoms with Crippen LogP contribution in [0, 0.1) is 0 Å². The Labute approximate surface area is 119 Å². The number of esters is 2. The molecule has 1 atom stereocenters. The number of hydrogen-bond donors (Lipinski definition) is 1. The molecule has 1 rings (SSSR count). The molecule has 1 N–H and O–H groups in total. The van der Waals surface area contributed by atoms with E-state index < -0.39 is 18.0 Å². The van der Waals surface area contributed by atoms with Crippen molar-refractivity contribution in [3.05, 3.63) is 29.3 Å². The van der Waals surface area contributed by atoms with Gasteiger partial charge in [-0.15, -0.1) is 0 Å². The lowest BCUT2D eigenvalue weighted by Crippen LogP contribution is -2.08. The van der Waals surface area contributed by atoms with Gasteiger partial charge >= 0.3 is 11.9 Å². The second kappa shape index (κ2) is 7.25. The van der Waals surface area contributed by atoms with Crippen molar-refractivity contribution < 1.29 is 24.2 Å². The number of benzene rings is 1. The maximum atomic E-state index is 11.0. The predicted octanol–water partition coefficient (Wildman–Crippen LogP) is 2.10. The summed E-state index contributed by atoms with van der Waals surface area (Å²) in [6, 6.07) is 4.87. The van der Waals surface area contributed by atoms with Crippen LogP contribution in [0.4, 0.5) is 0 Å². The third-order valence-electron chi connectivity index (χ3n) is 2.30. The highest BCUT2D eigenvalue weighted by Gasteiger charge is 2.13. The molecule has 0 aliphatic rings. The molecule has 0 unspecified atom stereocenters. The van der Waals surface area contributed by atoms with E-state index >= 15 is 0 Å². The standard InChI is InChI=1S/C13H15BrO5/c1-8(15)18-7-11-5-10(12(17)6-14)3-4-13(11)19-9(2)16/h3-5,12,17H,6-7H2,1-2H3/t12-/m0/s1. The van der Waals surface area contributed by atoms with Crippen molar-refractivity contribution in [2.24, 2.45) is 0 Å². The number of halogens is 1. The fourth-order valence-electron chi connectivity index (χ4n) is 1.44. The van der Waals surface area contributed by atoms with Gasteiger partial charge in [0.05, 0.1) is 6.10 Å². The lowest BCUT2D eigenvalue weighted by molar-refractivity contribution is -0.142. The maximum absolute atomic E-state index is 11.0. The average Bonchev–Trinajstić information content (AvgIpc) is 2.35. The second-order valence-corrected chi connectivity index (χ2v) is 4.56. The molecular weight excluding hydrogens is 316 g/mol. The van der Waals surface area contributed by atoms with E-state index in [9.17, 15) is 14.7 Å². The van der Waals surface area contributed by atoms with Crippen molar-refractivity contribution in [1.82, 2.24) is 0 Å². The second-order valence-electron chi connectivity index (χ2n) is 3.91. The number of alkyl halides is 1. The fourth-order valence-corrected chi connectivity index (χ4v) is 1.82. The smallest absolute Gasteiger partial charge is 0.308 e. The van der Waals surface area contributed by atoms with Crippen LogP contribution < -0.4 is 4.74 Å². The number of aliphatic hydroxyl groups excluding tert-OH is 1. The Morgan fingerprint density at radius 2 is 2.00 bits per heavy atom. The first-order valence-corrected chi connectivity index (χ1v) is 6.74. The van der Waals surface area contributed by atoms with E-state index in [4.69, 9.17) is 9.47 Å². The quantitative estimate of drug-likeness (QED) is 0.508. The van der Waals surface area contributed by atoms with Crippen LogP contribution in [-0.2, 0) is 20.9 Å². The first-order valence-electron chi connectivity index (χ1n) is 5.62. The van der Waals surface area contributed by atoms with Crippen LogP contribution in [0.3, 0.4) is 0 Å². The first-order chi connectivity index (χ1) is 8.93. The minimum Gasteiger partial charge on any atom is -0.461 e. The molecule has 1 aromatic rings. The lowest BCUT2D eigenvalue weighted by Gasteiger charge is -2.13. The lowest BCUT2D eigenvalue weighted by atomic mass is 10.1. The highest BCUT2D eigenvalue weighted by atomic mass is 79.9. The Kier molecular flexibility index (Phi) is 5.98. The molecule has 0 aliphatic heterocycles. The van der Waals surface area contributed by atoms with Gasteiger partial charge in [0.1, 0.15) is 12.4 Å². The minimum absolute atomic E-state index is 0.0131. The van der Waals surface area contributed by atoms with Gasteiger partial charge in [0.25, 0.3) is 0 Å². The summed E-state index contributed by atoms with van der Waals surface area (Å²) in [5.74, 6) is -0.572. The van der Waals surface area contributed by atoms with Crippen molar-refractivity contribution in [1.29, 1.82) is 0 Å². The number of hydrogen-bond acceptors (Lipinski definition) is 5. The zero-order valence-corrected chi connectivity index (χ0v) is 12.3.